The van der Waals surface area contributed by atoms with Crippen LogP contribution < -0.4 is 0 Å². The van der Waals surface area contributed by atoms with Gasteiger partial charge < -0.3 is 18.9 Å². The van der Waals surface area contributed by atoms with Crippen LogP contribution in [0.5, 0.6) is 0 Å². The third kappa shape index (κ3) is 2.20. The Morgan fingerprint density at radius 1 is 0.882 bits per heavy atom. The van der Waals surface area contributed by atoms with Crippen molar-refractivity contribution in [2.24, 2.45) is 0 Å². The molecule has 0 unspecified atom stereocenters. The maximum Gasteiger partial charge on any atom is 0.266 e. The van der Waals surface area contributed by atoms with Crippen LogP contribution in [0.3, 0.4) is 0 Å². The summed E-state index contributed by atoms with van der Waals surface area (Å²) in [6.45, 7) is 0. The molecule has 17 heavy (non-hydrogen) atoms. The SMILES string of the molecule is C1=COC(Cc2cccc(C3OC=CO3)c2)O1. The molecule has 2 heterocycles. The number of benzene rings is 1. The molecular weight excluding hydrogens is 220 g/mol. The lowest BCUT2D eigenvalue weighted by Crippen LogP contribution is -2.11. The summed E-state index contributed by atoms with van der Waals surface area (Å²) >= 11 is 0. The summed E-state index contributed by atoms with van der Waals surface area (Å²) in [5.74, 6) is 0. The second kappa shape index (κ2) is 4.41. The summed E-state index contributed by atoms with van der Waals surface area (Å²) in [7, 11) is 0. The Labute approximate surface area is 99.0 Å². The Kier molecular flexibility index (Phi) is 2.62. The highest BCUT2D eigenvalue weighted by Gasteiger charge is 2.17. The van der Waals surface area contributed by atoms with Crippen LogP contribution in [-0.4, -0.2) is 6.29 Å². The third-order valence-electron chi connectivity index (χ3n) is 2.60. The molecule has 0 saturated carbocycles. The lowest BCUT2D eigenvalue weighted by atomic mass is 10.1. The van der Waals surface area contributed by atoms with E-state index in [1.54, 1.807) is 25.0 Å². The minimum Gasteiger partial charge on any atom is -0.459 e. The van der Waals surface area contributed by atoms with Crippen LogP contribution in [0.25, 0.3) is 0 Å². The van der Waals surface area contributed by atoms with Crippen molar-refractivity contribution in [3.63, 3.8) is 0 Å². The average molecular weight is 232 g/mol. The zero-order valence-corrected chi connectivity index (χ0v) is 9.11. The van der Waals surface area contributed by atoms with Gasteiger partial charge in [0.2, 0.25) is 6.29 Å². The van der Waals surface area contributed by atoms with E-state index in [1.165, 1.54) is 0 Å². The second-order valence-corrected chi connectivity index (χ2v) is 3.80. The van der Waals surface area contributed by atoms with Gasteiger partial charge in [0.25, 0.3) is 6.29 Å². The van der Waals surface area contributed by atoms with Crippen LogP contribution in [0.4, 0.5) is 0 Å². The summed E-state index contributed by atoms with van der Waals surface area (Å²) in [5, 5.41) is 0. The molecule has 0 spiro atoms. The van der Waals surface area contributed by atoms with Gasteiger partial charge in [-0.1, -0.05) is 18.2 Å². The Morgan fingerprint density at radius 3 is 2.35 bits per heavy atom. The minimum atomic E-state index is -0.335. The molecule has 0 fully saturated rings. The molecule has 0 bridgehead atoms. The number of hydrogen-bond acceptors (Lipinski definition) is 4. The van der Waals surface area contributed by atoms with Crippen molar-refractivity contribution in [2.75, 3.05) is 0 Å². The highest BCUT2D eigenvalue weighted by atomic mass is 16.7. The Hall–Kier alpha value is -2.10. The Balaban J connectivity index is 1.70. The van der Waals surface area contributed by atoms with Gasteiger partial charge in [-0.05, 0) is 11.6 Å². The Bertz CT molecular complexity index is 436. The Morgan fingerprint density at radius 2 is 1.59 bits per heavy atom. The van der Waals surface area contributed by atoms with Gasteiger partial charge in [0.15, 0.2) is 0 Å². The highest BCUT2D eigenvalue weighted by molar-refractivity contribution is 5.25. The van der Waals surface area contributed by atoms with E-state index in [0.717, 1.165) is 11.1 Å². The van der Waals surface area contributed by atoms with Gasteiger partial charge in [0.05, 0.1) is 0 Å². The van der Waals surface area contributed by atoms with Gasteiger partial charge in [-0.3, -0.25) is 0 Å². The molecule has 0 N–H and O–H groups in total. The quantitative estimate of drug-likeness (QED) is 0.802. The zero-order valence-electron chi connectivity index (χ0n) is 9.11. The molecule has 88 valence electrons. The first-order valence-corrected chi connectivity index (χ1v) is 5.42. The van der Waals surface area contributed by atoms with Crippen LogP contribution >= 0.6 is 0 Å². The van der Waals surface area contributed by atoms with Crippen LogP contribution in [0.1, 0.15) is 17.4 Å². The van der Waals surface area contributed by atoms with Crippen LogP contribution in [0.15, 0.2) is 49.3 Å². The van der Waals surface area contributed by atoms with Crippen molar-refractivity contribution in [3.05, 3.63) is 60.4 Å². The van der Waals surface area contributed by atoms with Crippen molar-refractivity contribution in [1.29, 1.82) is 0 Å². The van der Waals surface area contributed by atoms with Crippen molar-refractivity contribution >= 4 is 0 Å². The summed E-state index contributed by atoms with van der Waals surface area (Å²) in [6, 6.07) is 7.99. The standard InChI is InChI=1S/C13H12O4/c1-2-10(9-12-14-4-5-15-12)8-11(3-1)13-16-6-7-17-13/h1-8,12-13H,9H2. The first kappa shape index (κ1) is 10.1. The van der Waals surface area contributed by atoms with Crippen molar-refractivity contribution in [1.82, 2.24) is 0 Å². The highest BCUT2D eigenvalue weighted by Crippen LogP contribution is 2.25. The van der Waals surface area contributed by atoms with Crippen LogP contribution in [-0.2, 0) is 25.4 Å². The van der Waals surface area contributed by atoms with Gasteiger partial charge in [-0.15, -0.1) is 0 Å². The number of ether oxygens (including phenoxy) is 4. The molecular formula is C13H12O4. The number of hydrogen-bond donors (Lipinski definition) is 0. The van der Waals surface area contributed by atoms with Gasteiger partial charge in [0.1, 0.15) is 25.0 Å². The second-order valence-electron chi connectivity index (χ2n) is 3.80. The van der Waals surface area contributed by atoms with Gasteiger partial charge in [-0.2, -0.15) is 0 Å². The average Bonchev–Trinajstić information content (AvgIpc) is 3.01. The fourth-order valence-electron chi connectivity index (χ4n) is 1.82. The molecule has 3 rings (SSSR count). The van der Waals surface area contributed by atoms with E-state index in [0.29, 0.717) is 6.42 Å². The van der Waals surface area contributed by atoms with Gasteiger partial charge in [-0.25, -0.2) is 0 Å². The summed E-state index contributed by atoms with van der Waals surface area (Å²) in [5.41, 5.74) is 2.11. The maximum absolute atomic E-state index is 5.29. The van der Waals surface area contributed by atoms with E-state index in [4.69, 9.17) is 18.9 Å². The lowest BCUT2D eigenvalue weighted by molar-refractivity contribution is -0.0260. The van der Waals surface area contributed by atoms with Gasteiger partial charge in [0, 0.05) is 12.0 Å². The summed E-state index contributed by atoms with van der Waals surface area (Å²) in [6.07, 6.45) is 6.34. The molecule has 0 saturated heterocycles. The first-order valence-electron chi connectivity index (χ1n) is 5.42. The minimum absolute atomic E-state index is 0.228. The predicted molar refractivity (Wildman–Crippen MR) is 59.3 cm³/mol. The molecule has 0 atom stereocenters. The number of rotatable bonds is 3. The summed E-state index contributed by atoms with van der Waals surface area (Å²) < 4.78 is 21.1. The molecule has 0 aromatic heterocycles. The van der Waals surface area contributed by atoms with E-state index in [1.807, 2.05) is 24.3 Å². The molecule has 1 aromatic carbocycles. The van der Waals surface area contributed by atoms with E-state index < -0.39 is 0 Å². The maximum atomic E-state index is 5.29. The topological polar surface area (TPSA) is 36.9 Å². The zero-order chi connectivity index (χ0) is 11.5. The van der Waals surface area contributed by atoms with E-state index in [-0.39, 0.29) is 12.6 Å². The van der Waals surface area contributed by atoms with Crippen molar-refractivity contribution < 1.29 is 18.9 Å². The lowest BCUT2D eigenvalue weighted by Gasteiger charge is -2.13. The fraction of sp³-hybridized carbons (Fsp3) is 0.231. The first-order chi connectivity index (χ1) is 8.42. The van der Waals surface area contributed by atoms with Crippen molar-refractivity contribution in [3.8, 4) is 0 Å². The molecule has 4 heteroatoms. The largest absolute Gasteiger partial charge is 0.459 e. The molecule has 1 aromatic rings. The third-order valence-corrected chi connectivity index (χ3v) is 2.60. The molecule has 2 aliphatic heterocycles. The predicted octanol–water partition coefficient (Wildman–Crippen LogP) is 2.59. The molecule has 0 radical (unpaired) electrons. The van der Waals surface area contributed by atoms with E-state index >= 15 is 0 Å². The monoisotopic (exact) mass is 232 g/mol. The van der Waals surface area contributed by atoms with Crippen molar-refractivity contribution in [2.45, 2.75) is 19.0 Å². The molecule has 0 aliphatic carbocycles. The van der Waals surface area contributed by atoms with E-state index in [2.05, 4.69) is 0 Å². The smallest absolute Gasteiger partial charge is 0.266 e. The fourth-order valence-corrected chi connectivity index (χ4v) is 1.82. The molecule has 0 amide bonds. The van der Waals surface area contributed by atoms with Gasteiger partial charge >= 0.3 is 0 Å². The molecule has 2 aliphatic rings. The van der Waals surface area contributed by atoms with Crippen LogP contribution in [0.2, 0.25) is 0 Å². The normalized spacial score (nSPS) is 18.6. The van der Waals surface area contributed by atoms with Crippen LogP contribution in [0, 0.1) is 0 Å². The van der Waals surface area contributed by atoms with E-state index in [9.17, 15) is 0 Å². The summed E-state index contributed by atoms with van der Waals surface area (Å²) in [4.78, 5) is 0. The molecule has 4 nitrogen and oxygen atoms in total.